The van der Waals surface area contributed by atoms with Gasteiger partial charge in [0.25, 0.3) is 5.91 Å². The maximum atomic E-state index is 13.5. The summed E-state index contributed by atoms with van der Waals surface area (Å²) in [5.74, 6) is -0.589. The predicted molar refractivity (Wildman–Crippen MR) is 146 cm³/mol. The summed E-state index contributed by atoms with van der Waals surface area (Å²) >= 11 is 0. The van der Waals surface area contributed by atoms with E-state index in [2.05, 4.69) is 31.4 Å². The number of hydrogen-bond acceptors (Lipinski definition) is 5. The zero-order valence-electron chi connectivity index (χ0n) is 22.3. The van der Waals surface area contributed by atoms with Crippen LogP contribution in [-0.4, -0.2) is 35.9 Å². The van der Waals surface area contributed by atoms with E-state index in [1.54, 1.807) is 19.1 Å². The smallest absolute Gasteiger partial charge is 0.326 e. The second kappa shape index (κ2) is 8.90. The summed E-state index contributed by atoms with van der Waals surface area (Å²) in [6, 6.07) is 17.0. The SMILES string of the molecule is COc1cc2c(cc1NC(=O)[C@H](C)N1C(=O)N[C@@](C)(c3ccc(C(C)(C)C)cc3)C1=O)oc1ccccc12. The minimum atomic E-state index is -1.28. The van der Waals surface area contributed by atoms with Gasteiger partial charge in [0.2, 0.25) is 5.91 Å². The van der Waals surface area contributed by atoms with Crippen molar-refractivity contribution in [2.45, 2.75) is 51.6 Å². The Morgan fingerprint density at radius 2 is 1.71 bits per heavy atom. The van der Waals surface area contributed by atoms with Crippen LogP contribution >= 0.6 is 0 Å². The van der Waals surface area contributed by atoms with Crippen LogP contribution in [0, 0.1) is 0 Å². The molecule has 0 aliphatic carbocycles. The van der Waals surface area contributed by atoms with Gasteiger partial charge in [-0.1, -0.05) is 63.2 Å². The van der Waals surface area contributed by atoms with Gasteiger partial charge in [0, 0.05) is 16.8 Å². The molecule has 8 nitrogen and oxygen atoms in total. The number of anilines is 1. The molecule has 1 saturated heterocycles. The first-order chi connectivity index (χ1) is 17.9. The second-order valence-corrected chi connectivity index (χ2v) is 10.9. The highest BCUT2D eigenvalue weighted by Gasteiger charge is 2.51. The number of urea groups is 1. The van der Waals surface area contributed by atoms with Crippen molar-refractivity contribution in [3.05, 3.63) is 71.8 Å². The number of furan rings is 1. The molecule has 3 aromatic carbocycles. The molecular weight excluding hydrogens is 482 g/mol. The van der Waals surface area contributed by atoms with Gasteiger partial charge >= 0.3 is 6.03 Å². The number of benzene rings is 3. The molecule has 1 aliphatic rings. The quantitative estimate of drug-likeness (QED) is 0.334. The minimum absolute atomic E-state index is 0.0482. The zero-order chi connectivity index (χ0) is 27.4. The second-order valence-electron chi connectivity index (χ2n) is 10.9. The molecule has 196 valence electrons. The van der Waals surface area contributed by atoms with E-state index in [9.17, 15) is 14.4 Å². The molecule has 0 radical (unpaired) electrons. The van der Waals surface area contributed by atoms with Crippen LogP contribution < -0.4 is 15.4 Å². The molecule has 5 rings (SSSR count). The van der Waals surface area contributed by atoms with Crippen LogP contribution in [-0.2, 0) is 20.5 Å². The zero-order valence-corrected chi connectivity index (χ0v) is 22.3. The van der Waals surface area contributed by atoms with Gasteiger partial charge in [-0.25, -0.2) is 9.69 Å². The highest BCUT2D eigenvalue weighted by molar-refractivity contribution is 6.12. The number of fused-ring (bicyclic) bond motifs is 3. The number of rotatable bonds is 5. The molecule has 0 spiro atoms. The van der Waals surface area contributed by atoms with Crippen molar-refractivity contribution in [3.8, 4) is 5.75 Å². The van der Waals surface area contributed by atoms with Crippen LogP contribution in [0.25, 0.3) is 21.9 Å². The van der Waals surface area contributed by atoms with E-state index >= 15 is 0 Å². The third kappa shape index (κ3) is 4.06. The highest BCUT2D eigenvalue weighted by Crippen LogP contribution is 2.37. The molecule has 1 aromatic heterocycles. The molecule has 0 unspecified atom stereocenters. The Kier molecular flexibility index (Phi) is 5.93. The van der Waals surface area contributed by atoms with Gasteiger partial charge in [-0.05, 0) is 42.5 Å². The lowest BCUT2D eigenvalue weighted by Crippen LogP contribution is -2.47. The van der Waals surface area contributed by atoms with Crippen molar-refractivity contribution < 1.29 is 23.5 Å². The van der Waals surface area contributed by atoms with Crippen LogP contribution in [0.1, 0.15) is 45.7 Å². The number of ether oxygens (including phenoxy) is 1. The van der Waals surface area contributed by atoms with Crippen molar-refractivity contribution in [3.63, 3.8) is 0 Å². The van der Waals surface area contributed by atoms with Gasteiger partial charge in [0.1, 0.15) is 28.5 Å². The van der Waals surface area contributed by atoms with E-state index in [1.807, 2.05) is 48.5 Å². The fraction of sp³-hybridized carbons (Fsp3) is 0.300. The number of imide groups is 1. The van der Waals surface area contributed by atoms with Crippen molar-refractivity contribution in [2.75, 3.05) is 12.4 Å². The number of methoxy groups -OCH3 is 1. The van der Waals surface area contributed by atoms with E-state index < -0.39 is 29.4 Å². The third-order valence-electron chi connectivity index (χ3n) is 7.27. The molecule has 4 aromatic rings. The van der Waals surface area contributed by atoms with Crippen LogP contribution in [0.2, 0.25) is 0 Å². The van der Waals surface area contributed by atoms with Gasteiger partial charge in [-0.2, -0.15) is 0 Å². The Labute approximate surface area is 220 Å². The third-order valence-corrected chi connectivity index (χ3v) is 7.27. The standard InChI is InChI=1S/C30H31N3O5/c1-17(33-27(35)30(5,32-28(33)36)19-13-11-18(12-14-19)29(2,3)4)26(34)31-22-16-24-21(15-25(22)37-6)20-9-7-8-10-23(20)38-24/h7-17H,1-6H3,(H,31,34)(H,32,36)/t17-,30-/m0/s1. The van der Waals surface area contributed by atoms with Gasteiger partial charge < -0.3 is 19.8 Å². The average Bonchev–Trinajstić information content (AvgIpc) is 3.35. The van der Waals surface area contributed by atoms with Crippen molar-refractivity contribution in [2.24, 2.45) is 0 Å². The molecule has 2 N–H and O–H groups in total. The molecule has 2 heterocycles. The fourth-order valence-corrected chi connectivity index (χ4v) is 4.88. The van der Waals surface area contributed by atoms with Crippen molar-refractivity contribution in [1.29, 1.82) is 0 Å². The summed E-state index contributed by atoms with van der Waals surface area (Å²) in [6.45, 7) is 9.50. The van der Waals surface area contributed by atoms with E-state index in [0.717, 1.165) is 26.8 Å². The van der Waals surface area contributed by atoms with Crippen LogP contribution in [0.15, 0.2) is 65.1 Å². The lowest BCUT2D eigenvalue weighted by molar-refractivity contribution is -0.136. The van der Waals surface area contributed by atoms with Crippen LogP contribution in [0.4, 0.5) is 10.5 Å². The van der Waals surface area contributed by atoms with Crippen LogP contribution in [0.5, 0.6) is 5.75 Å². The number of hydrogen-bond donors (Lipinski definition) is 2. The Hall–Kier alpha value is -4.33. The van der Waals surface area contributed by atoms with Gasteiger partial charge in [0.05, 0.1) is 12.8 Å². The minimum Gasteiger partial charge on any atom is -0.495 e. The monoisotopic (exact) mass is 513 g/mol. The number of carbonyl (C=O) groups excluding carboxylic acids is 3. The first-order valence-corrected chi connectivity index (χ1v) is 12.5. The summed E-state index contributed by atoms with van der Waals surface area (Å²) < 4.78 is 11.5. The average molecular weight is 514 g/mol. The van der Waals surface area contributed by atoms with E-state index in [-0.39, 0.29) is 5.41 Å². The Morgan fingerprint density at radius 3 is 2.37 bits per heavy atom. The normalized spacial score (nSPS) is 18.6. The molecule has 2 atom stereocenters. The number of carbonyl (C=O) groups is 3. The predicted octanol–water partition coefficient (Wildman–Crippen LogP) is 5.69. The highest BCUT2D eigenvalue weighted by atomic mass is 16.5. The lowest BCUT2D eigenvalue weighted by Gasteiger charge is -2.26. The lowest BCUT2D eigenvalue weighted by atomic mass is 9.84. The summed E-state index contributed by atoms with van der Waals surface area (Å²) in [4.78, 5) is 40.8. The number of nitrogens with zero attached hydrogens (tertiary/aromatic N) is 1. The van der Waals surface area contributed by atoms with Crippen molar-refractivity contribution >= 4 is 45.5 Å². The maximum Gasteiger partial charge on any atom is 0.326 e. The largest absolute Gasteiger partial charge is 0.495 e. The van der Waals surface area contributed by atoms with E-state index in [4.69, 9.17) is 9.15 Å². The summed E-state index contributed by atoms with van der Waals surface area (Å²) in [5.41, 5.74) is 2.10. The maximum absolute atomic E-state index is 13.5. The first kappa shape index (κ1) is 25.3. The van der Waals surface area contributed by atoms with Gasteiger partial charge in [-0.3, -0.25) is 9.59 Å². The first-order valence-electron chi connectivity index (χ1n) is 12.5. The topological polar surface area (TPSA) is 101 Å². The molecule has 8 heteroatoms. The van der Waals surface area contributed by atoms with E-state index in [1.165, 1.54) is 14.0 Å². The van der Waals surface area contributed by atoms with Gasteiger partial charge in [0.15, 0.2) is 0 Å². The molecule has 38 heavy (non-hydrogen) atoms. The molecule has 1 fully saturated rings. The molecule has 0 bridgehead atoms. The van der Waals surface area contributed by atoms with Crippen molar-refractivity contribution in [1.82, 2.24) is 10.2 Å². The Morgan fingerprint density at radius 1 is 1.03 bits per heavy atom. The summed E-state index contributed by atoms with van der Waals surface area (Å²) in [6.07, 6.45) is 0. The fourth-order valence-electron chi connectivity index (χ4n) is 4.88. The Balaban J connectivity index is 1.40. The Bertz CT molecular complexity index is 1580. The molecule has 1 aliphatic heterocycles. The number of nitrogens with one attached hydrogen (secondary N) is 2. The number of amides is 4. The summed E-state index contributed by atoms with van der Waals surface area (Å²) in [5, 5.41) is 7.38. The van der Waals surface area contributed by atoms with Gasteiger partial charge in [-0.15, -0.1) is 0 Å². The molecule has 0 saturated carbocycles. The van der Waals surface area contributed by atoms with E-state index in [0.29, 0.717) is 22.6 Å². The van der Waals surface area contributed by atoms with Crippen LogP contribution in [0.3, 0.4) is 0 Å². The number of para-hydroxylation sites is 1. The molecular formula is C30H31N3O5. The summed E-state index contributed by atoms with van der Waals surface area (Å²) in [7, 11) is 1.51. The molecule has 4 amide bonds.